The zero-order chi connectivity index (χ0) is 16.4. The molecule has 0 radical (unpaired) electrons. The maximum Gasteiger partial charge on any atom is 0.276 e. The second-order valence-corrected chi connectivity index (χ2v) is 6.52. The van der Waals surface area contributed by atoms with Crippen molar-refractivity contribution < 1.29 is 9.32 Å². The first-order valence-electron chi connectivity index (χ1n) is 8.38. The van der Waals surface area contributed by atoms with Crippen LogP contribution in [0.2, 0.25) is 0 Å². The molecule has 6 nitrogen and oxygen atoms in total. The van der Waals surface area contributed by atoms with Gasteiger partial charge in [0.05, 0.1) is 6.20 Å². The fourth-order valence-electron chi connectivity index (χ4n) is 3.18. The van der Waals surface area contributed by atoms with Gasteiger partial charge in [0.1, 0.15) is 5.76 Å². The van der Waals surface area contributed by atoms with Crippen molar-refractivity contribution in [1.29, 1.82) is 0 Å². The van der Waals surface area contributed by atoms with Crippen LogP contribution in [0, 0.1) is 0 Å². The van der Waals surface area contributed by atoms with Crippen LogP contribution < -0.4 is 0 Å². The van der Waals surface area contributed by atoms with Gasteiger partial charge in [-0.15, -0.1) is 0 Å². The van der Waals surface area contributed by atoms with Crippen molar-refractivity contribution in [3.05, 3.63) is 35.0 Å². The van der Waals surface area contributed by atoms with Crippen molar-refractivity contribution in [3.8, 4) is 0 Å². The highest BCUT2D eigenvalue weighted by atomic mass is 16.5. The van der Waals surface area contributed by atoms with Crippen molar-refractivity contribution in [3.63, 3.8) is 0 Å². The van der Waals surface area contributed by atoms with Gasteiger partial charge < -0.3 is 9.42 Å². The number of rotatable bonds is 4. The van der Waals surface area contributed by atoms with Crippen LogP contribution >= 0.6 is 0 Å². The van der Waals surface area contributed by atoms with Gasteiger partial charge in [0.2, 0.25) is 0 Å². The normalized spacial score (nSPS) is 18.6. The van der Waals surface area contributed by atoms with Gasteiger partial charge in [-0.2, -0.15) is 5.10 Å². The highest BCUT2D eigenvalue weighted by molar-refractivity contribution is 5.92. The maximum atomic E-state index is 12.7. The van der Waals surface area contributed by atoms with Crippen molar-refractivity contribution in [2.45, 2.75) is 51.9 Å². The zero-order valence-electron chi connectivity index (χ0n) is 14.0. The summed E-state index contributed by atoms with van der Waals surface area (Å²) in [6, 6.07) is 1.77. The summed E-state index contributed by atoms with van der Waals surface area (Å²) >= 11 is 0. The third kappa shape index (κ3) is 3.16. The van der Waals surface area contributed by atoms with Gasteiger partial charge in [-0.1, -0.05) is 25.9 Å². The second kappa shape index (κ2) is 6.56. The Kier molecular flexibility index (Phi) is 4.50. The summed E-state index contributed by atoms with van der Waals surface area (Å²) in [5.41, 5.74) is 2.83. The highest BCUT2D eigenvalue weighted by Crippen LogP contribution is 2.29. The van der Waals surface area contributed by atoms with E-state index in [1.165, 1.54) is 11.3 Å². The molecule has 1 N–H and O–H groups in total. The van der Waals surface area contributed by atoms with E-state index in [-0.39, 0.29) is 11.8 Å². The first-order chi connectivity index (χ1) is 11.1. The Morgan fingerprint density at radius 1 is 1.52 bits per heavy atom. The Labute approximate surface area is 136 Å². The first-order valence-corrected chi connectivity index (χ1v) is 8.38. The fourth-order valence-corrected chi connectivity index (χ4v) is 3.18. The van der Waals surface area contributed by atoms with Crippen LogP contribution in [0.15, 0.2) is 16.8 Å². The Balaban J connectivity index is 1.74. The molecule has 3 rings (SSSR count). The Hall–Kier alpha value is -2.11. The zero-order valence-corrected chi connectivity index (χ0v) is 14.0. The molecule has 0 aliphatic carbocycles. The van der Waals surface area contributed by atoms with E-state index < -0.39 is 0 Å². The molecule has 6 heteroatoms. The standard InChI is InChI=1S/C17H24N4O2/c1-4-12-9-18-19-16(12)13-6-5-7-21(10-13)17(22)14-8-15(11(2)3)23-20-14/h8-9,11,13H,4-7,10H2,1-3H3,(H,18,19). The smallest absolute Gasteiger partial charge is 0.276 e. The molecule has 124 valence electrons. The van der Waals surface area contributed by atoms with E-state index in [4.69, 9.17) is 4.52 Å². The summed E-state index contributed by atoms with van der Waals surface area (Å²) in [6.07, 6.45) is 4.92. The minimum absolute atomic E-state index is 0.0390. The molecule has 0 bridgehead atoms. The molecular formula is C17H24N4O2. The maximum absolute atomic E-state index is 12.7. The molecule has 1 atom stereocenters. The van der Waals surface area contributed by atoms with Crippen LogP contribution in [0.1, 0.15) is 73.0 Å². The molecule has 2 aromatic heterocycles. The summed E-state index contributed by atoms with van der Waals surface area (Å²) in [4.78, 5) is 14.6. The van der Waals surface area contributed by atoms with Gasteiger partial charge in [-0.05, 0) is 24.8 Å². The minimum Gasteiger partial charge on any atom is -0.360 e. The van der Waals surface area contributed by atoms with Crippen molar-refractivity contribution >= 4 is 5.91 Å². The minimum atomic E-state index is -0.0390. The SMILES string of the molecule is CCc1cn[nH]c1C1CCCN(C(=O)c2cc(C(C)C)on2)C1. The van der Waals surface area contributed by atoms with E-state index >= 15 is 0 Å². The number of H-pyrrole nitrogens is 1. The topological polar surface area (TPSA) is 75.0 Å². The van der Waals surface area contributed by atoms with E-state index in [1.54, 1.807) is 6.07 Å². The van der Waals surface area contributed by atoms with Crippen LogP contribution in [0.5, 0.6) is 0 Å². The monoisotopic (exact) mass is 316 g/mol. The number of likely N-dealkylation sites (tertiary alicyclic amines) is 1. The molecule has 3 heterocycles. The number of hydrogen-bond donors (Lipinski definition) is 1. The van der Waals surface area contributed by atoms with Crippen molar-refractivity contribution in [2.24, 2.45) is 0 Å². The van der Waals surface area contributed by atoms with Crippen molar-refractivity contribution in [2.75, 3.05) is 13.1 Å². The van der Waals surface area contributed by atoms with Crippen molar-refractivity contribution in [1.82, 2.24) is 20.3 Å². The van der Waals surface area contributed by atoms with Gasteiger partial charge >= 0.3 is 0 Å². The molecule has 1 unspecified atom stereocenters. The van der Waals surface area contributed by atoms with E-state index in [1.807, 2.05) is 24.9 Å². The van der Waals surface area contributed by atoms with E-state index in [2.05, 4.69) is 22.3 Å². The van der Waals surface area contributed by atoms with Gasteiger partial charge in [0, 0.05) is 36.7 Å². The summed E-state index contributed by atoms with van der Waals surface area (Å²) < 4.78 is 5.26. The summed E-state index contributed by atoms with van der Waals surface area (Å²) in [7, 11) is 0. The first kappa shape index (κ1) is 15.8. The second-order valence-electron chi connectivity index (χ2n) is 6.52. The summed E-state index contributed by atoms with van der Waals surface area (Å²) in [6.45, 7) is 7.65. The third-order valence-electron chi connectivity index (χ3n) is 4.57. The number of piperidine rings is 1. The van der Waals surface area contributed by atoms with Crippen LogP contribution in [0.3, 0.4) is 0 Å². The average Bonchev–Trinajstić information content (AvgIpc) is 3.23. The number of carbonyl (C=O) groups is 1. The predicted octanol–water partition coefficient (Wildman–Crippen LogP) is 3.10. The summed E-state index contributed by atoms with van der Waals surface area (Å²) in [5.74, 6) is 1.27. The van der Waals surface area contributed by atoms with Crippen LogP contribution in [-0.4, -0.2) is 39.3 Å². The Morgan fingerprint density at radius 3 is 3.04 bits per heavy atom. The number of aryl methyl sites for hydroxylation is 1. The number of aromatic amines is 1. The molecule has 1 saturated heterocycles. The van der Waals surface area contributed by atoms with Gasteiger partial charge in [-0.25, -0.2) is 0 Å². The molecule has 0 spiro atoms. The van der Waals surface area contributed by atoms with Crippen LogP contribution in [-0.2, 0) is 6.42 Å². The quantitative estimate of drug-likeness (QED) is 0.940. The summed E-state index contributed by atoms with van der Waals surface area (Å²) in [5, 5.41) is 11.2. The van der Waals surface area contributed by atoms with Gasteiger partial charge in [0.15, 0.2) is 5.69 Å². The number of nitrogens with zero attached hydrogens (tertiary/aromatic N) is 3. The lowest BCUT2D eigenvalue weighted by Crippen LogP contribution is -2.39. The fraction of sp³-hybridized carbons (Fsp3) is 0.588. The third-order valence-corrected chi connectivity index (χ3v) is 4.57. The van der Waals surface area contributed by atoms with E-state index in [9.17, 15) is 4.79 Å². The number of aromatic nitrogens is 3. The molecular weight excluding hydrogens is 292 g/mol. The lowest BCUT2D eigenvalue weighted by Gasteiger charge is -2.32. The predicted molar refractivity (Wildman–Crippen MR) is 86.4 cm³/mol. The largest absolute Gasteiger partial charge is 0.360 e. The molecule has 1 fully saturated rings. The number of hydrogen-bond acceptors (Lipinski definition) is 4. The van der Waals surface area contributed by atoms with Gasteiger partial charge in [-0.3, -0.25) is 9.89 Å². The van der Waals surface area contributed by atoms with Gasteiger partial charge in [0.25, 0.3) is 5.91 Å². The lowest BCUT2D eigenvalue weighted by molar-refractivity contribution is 0.0695. The Morgan fingerprint density at radius 2 is 2.35 bits per heavy atom. The molecule has 0 saturated carbocycles. The molecule has 1 aliphatic rings. The van der Waals surface area contributed by atoms with E-state index in [0.717, 1.165) is 31.6 Å². The molecule has 2 aromatic rings. The van der Waals surface area contributed by atoms with E-state index in [0.29, 0.717) is 18.2 Å². The molecule has 0 aromatic carbocycles. The molecule has 23 heavy (non-hydrogen) atoms. The van der Waals surface area contributed by atoms with Crippen LogP contribution in [0.25, 0.3) is 0 Å². The average molecular weight is 316 g/mol. The highest BCUT2D eigenvalue weighted by Gasteiger charge is 2.29. The number of nitrogens with one attached hydrogen (secondary N) is 1. The Bertz CT molecular complexity index is 674. The molecule has 1 aliphatic heterocycles. The molecule has 1 amide bonds. The number of carbonyl (C=O) groups excluding carboxylic acids is 1. The lowest BCUT2D eigenvalue weighted by atomic mass is 9.92. The van der Waals surface area contributed by atoms with Crippen LogP contribution in [0.4, 0.5) is 0 Å². The number of amides is 1.